The van der Waals surface area contributed by atoms with Gasteiger partial charge in [0.2, 0.25) is 0 Å². The third-order valence-corrected chi connectivity index (χ3v) is 5.76. The zero-order valence-corrected chi connectivity index (χ0v) is 14.6. The highest BCUT2D eigenvalue weighted by atomic mass is 32.1. The van der Waals surface area contributed by atoms with Crippen molar-refractivity contribution in [2.24, 2.45) is 5.41 Å². The van der Waals surface area contributed by atoms with Crippen molar-refractivity contribution in [3.8, 4) is 0 Å². The van der Waals surface area contributed by atoms with Crippen molar-refractivity contribution < 1.29 is 9.90 Å². The lowest BCUT2D eigenvalue weighted by Crippen LogP contribution is -2.32. The van der Waals surface area contributed by atoms with Gasteiger partial charge in [-0.2, -0.15) is 0 Å². The summed E-state index contributed by atoms with van der Waals surface area (Å²) >= 11 is 1.63. The summed E-state index contributed by atoms with van der Waals surface area (Å²) in [6, 6.07) is 3.68. The molecule has 0 bridgehead atoms. The number of hydrogen-bond donors (Lipinski definition) is 1. The van der Waals surface area contributed by atoms with Crippen LogP contribution in [0.4, 0.5) is 0 Å². The second-order valence-electron chi connectivity index (χ2n) is 6.51. The van der Waals surface area contributed by atoms with E-state index in [9.17, 15) is 14.7 Å². The Labute approximate surface area is 149 Å². The lowest BCUT2D eigenvalue weighted by atomic mass is 10.0. The van der Waals surface area contributed by atoms with E-state index in [4.69, 9.17) is 0 Å². The number of fused-ring (bicyclic) bond motifs is 3. The van der Waals surface area contributed by atoms with Crippen LogP contribution in [0.5, 0.6) is 0 Å². The summed E-state index contributed by atoms with van der Waals surface area (Å²) in [5.41, 5.74) is 0.325. The van der Waals surface area contributed by atoms with Crippen LogP contribution < -0.4 is 5.56 Å². The molecule has 0 amide bonds. The molecule has 2 aromatic heterocycles. The smallest absolute Gasteiger partial charge is 0.315 e. The van der Waals surface area contributed by atoms with Crippen molar-refractivity contribution in [1.82, 2.24) is 9.55 Å². The number of nitrogens with zero attached hydrogens (tertiary/aromatic N) is 2. The minimum absolute atomic E-state index is 0.102. The third-order valence-electron chi connectivity index (χ3n) is 4.92. The van der Waals surface area contributed by atoms with Crippen LogP contribution in [0, 0.1) is 5.41 Å². The molecule has 1 aliphatic heterocycles. The minimum Gasteiger partial charge on any atom is -0.481 e. The number of carboxylic acids is 1. The fraction of sp³-hybridized carbons (Fsp3) is 0.316. The second kappa shape index (κ2) is 5.81. The topological polar surface area (TPSA) is 72.2 Å². The van der Waals surface area contributed by atoms with E-state index in [0.717, 1.165) is 11.3 Å². The summed E-state index contributed by atoms with van der Waals surface area (Å²) in [5, 5.41) is 11.5. The van der Waals surface area contributed by atoms with Crippen molar-refractivity contribution >= 4 is 35.5 Å². The molecule has 4 rings (SSSR count). The Morgan fingerprint density at radius 2 is 2.36 bits per heavy atom. The van der Waals surface area contributed by atoms with Gasteiger partial charge in [-0.05, 0) is 42.5 Å². The zero-order valence-electron chi connectivity index (χ0n) is 13.8. The van der Waals surface area contributed by atoms with Gasteiger partial charge in [0.05, 0.1) is 11.7 Å². The van der Waals surface area contributed by atoms with Crippen molar-refractivity contribution in [3.05, 3.63) is 55.9 Å². The monoisotopic (exact) mass is 354 g/mol. The number of aromatic nitrogens is 2. The predicted octanol–water partition coefficient (Wildman–Crippen LogP) is 3.47. The van der Waals surface area contributed by atoms with E-state index in [1.54, 1.807) is 28.1 Å². The average Bonchev–Trinajstić information content (AvgIpc) is 3.13. The highest BCUT2D eigenvalue weighted by molar-refractivity contribution is 7.10. The normalized spacial score (nSPS) is 23.5. The Kier molecular flexibility index (Phi) is 3.72. The Bertz CT molecular complexity index is 956. The zero-order chi connectivity index (χ0) is 17.6. The number of rotatable bonds is 5. The van der Waals surface area contributed by atoms with Crippen molar-refractivity contribution in [1.29, 1.82) is 0 Å². The van der Waals surface area contributed by atoms with Gasteiger partial charge in [0.25, 0.3) is 5.56 Å². The number of carbonyl (C=O) groups is 1. The van der Waals surface area contributed by atoms with E-state index in [-0.39, 0.29) is 11.6 Å². The number of aliphatic carboxylic acids is 1. The second-order valence-corrected chi connectivity index (χ2v) is 7.49. The Morgan fingerprint density at radius 1 is 1.52 bits per heavy atom. The first-order valence-electron chi connectivity index (χ1n) is 8.36. The number of carboxylic acid groups (broad SMARTS) is 1. The molecule has 25 heavy (non-hydrogen) atoms. The standard InChI is InChI=1S/C19H18N2O3S/c1-2-4-13-14(7-6-12-5-3-10-25-12)20-16-8-9-19(18(23)24)11-15(19)21(16)17(13)22/h3,5-10,15H,2,4,11H2,1H3,(H,23,24)/b7-6+. The third kappa shape index (κ3) is 2.48. The molecule has 1 aliphatic carbocycles. The van der Waals surface area contributed by atoms with Crippen LogP contribution >= 0.6 is 11.3 Å². The Hall–Kier alpha value is -2.47. The SMILES string of the molecule is CCCc1c(/C=C/c2cccs2)nc2n(c1=O)C1CC1(C(=O)O)C=C2. The fourth-order valence-corrected chi connectivity index (χ4v) is 4.10. The molecule has 0 spiro atoms. The van der Waals surface area contributed by atoms with Crippen LogP contribution in [-0.4, -0.2) is 20.6 Å². The van der Waals surface area contributed by atoms with Crippen LogP contribution in [0.2, 0.25) is 0 Å². The van der Waals surface area contributed by atoms with Gasteiger partial charge >= 0.3 is 5.97 Å². The highest BCUT2D eigenvalue weighted by Crippen LogP contribution is 2.59. The molecule has 1 saturated carbocycles. The van der Waals surface area contributed by atoms with Crippen molar-refractivity contribution in [2.45, 2.75) is 32.2 Å². The van der Waals surface area contributed by atoms with Gasteiger partial charge in [0.15, 0.2) is 0 Å². The Morgan fingerprint density at radius 3 is 3.04 bits per heavy atom. The molecule has 2 aliphatic rings. The van der Waals surface area contributed by atoms with Gasteiger partial charge in [0.1, 0.15) is 11.2 Å². The minimum atomic E-state index is -0.920. The molecule has 1 N–H and O–H groups in total. The van der Waals surface area contributed by atoms with E-state index in [1.165, 1.54) is 0 Å². The molecule has 2 aromatic rings. The molecule has 6 heteroatoms. The number of hydrogen-bond acceptors (Lipinski definition) is 4. The van der Waals surface area contributed by atoms with Crippen LogP contribution in [-0.2, 0) is 11.2 Å². The molecule has 5 nitrogen and oxygen atoms in total. The van der Waals surface area contributed by atoms with Gasteiger partial charge in [-0.3, -0.25) is 14.2 Å². The average molecular weight is 354 g/mol. The summed E-state index contributed by atoms with van der Waals surface area (Å²) < 4.78 is 1.58. The van der Waals surface area contributed by atoms with E-state index < -0.39 is 11.4 Å². The van der Waals surface area contributed by atoms with Crippen molar-refractivity contribution in [3.63, 3.8) is 0 Å². The van der Waals surface area contributed by atoms with Crippen LogP contribution in [0.15, 0.2) is 28.4 Å². The van der Waals surface area contributed by atoms with E-state index in [2.05, 4.69) is 4.98 Å². The van der Waals surface area contributed by atoms with Crippen molar-refractivity contribution in [2.75, 3.05) is 0 Å². The maximum Gasteiger partial charge on any atom is 0.315 e. The summed E-state index contributed by atoms with van der Waals surface area (Å²) in [6.45, 7) is 2.02. The fourth-order valence-electron chi connectivity index (χ4n) is 3.48. The van der Waals surface area contributed by atoms with Crippen LogP contribution in [0.1, 0.15) is 47.8 Å². The first-order chi connectivity index (χ1) is 12.1. The lowest BCUT2D eigenvalue weighted by molar-refractivity contribution is -0.141. The molecule has 0 saturated heterocycles. The molecule has 1 fully saturated rings. The summed E-state index contributed by atoms with van der Waals surface area (Å²) in [5.74, 6) is -0.319. The molecule has 128 valence electrons. The van der Waals surface area contributed by atoms with Gasteiger partial charge in [-0.15, -0.1) is 11.3 Å². The van der Waals surface area contributed by atoms with E-state index in [0.29, 0.717) is 29.9 Å². The maximum absolute atomic E-state index is 13.1. The molecular formula is C19H18N2O3S. The molecule has 2 unspecified atom stereocenters. The molecule has 3 heterocycles. The molecule has 0 aromatic carbocycles. The quantitative estimate of drug-likeness (QED) is 0.892. The van der Waals surface area contributed by atoms with Gasteiger partial charge in [0, 0.05) is 10.4 Å². The van der Waals surface area contributed by atoms with Crippen LogP contribution in [0.25, 0.3) is 18.2 Å². The van der Waals surface area contributed by atoms with Gasteiger partial charge in [-0.1, -0.05) is 25.5 Å². The van der Waals surface area contributed by atoms with E-state index >= 15 is 0 Å². The molecule has 2 atom stereocenters. The highest BCUT2D eigenvalue weighted by Gasteiger charge is 2.62. The summed E-state index contributed by atoms with van der Waals surface area (Å²) in [4.78, 5) is 30.4. The van der Waals surface area contributed by atoms with Gasteiger partial charge < -0.3 is 5.11 Å². The van der Waals surface area contributed by atoms with Gasteiger partial charge in [-0.25, -0.2) is 4.98 Å². The maximum atomic E-state index is 13.1. The number of thiophene rings is 1. The predicted molar refractivity (Wildman–Crippen MR) is 98.5 cm³/mol. The first-order valence-corrected chi connectivity index (χ1v) is 9.24. The Balaban J connectivity index is 1.82. The molecule has 0 radical (unpaired) electrons. The first kappa shape index (κ1) is 16.0. The largest absolute Gasteiger partial charge is 0.481 e. The summed E-state index contributed by atoms with van der Waals surface area (Å²) in [6.07, 6.45) is 9.15. The molecular weight excluding hydrogens is 336 g/mol. The van der Waals surface area contributed by atoms with E-state index in [1.807, 2.05) is 36.6 Å². The van der Waals surface area contributed by atoms with Crippen LogP contribution in [0.3, 0.4) is 0 Å². The lowest BCUT2D eigenvalue weighted by Gasteiger charge is -2.19. The summed E-state index contributed by atoms with van der Waals surface area (Å²) in [7, 11) is 0.